The molecule has 4 rings (SSSR count). The first-order valence-corrected chi connectivity index (χ1v) is 10.5. The summed E-state index contributed by atoms with van der Waals surface area (Å²) >= 11 is 1.33. The van der Waals surface area contributed by atoms with E-state index < -0.39 is 12.0 Å². The van der Waals surface area contributed by atoms with Crippen molar-refractivity contribution >= 4 is 23.4 Å². The van der Waals surface area contributed by atoms with Crippen molar-refractivity contribution in [2.45, 2.75) is 26.8 Å². The zero-order valence-electron chi connectivity index (χ0n) is 17.3. The molecule has 152 valence electrons. The van der Waals surface area contributed by atoms with E-state index in [2.05, 4.69) is 4.99 Å². The van der Waals surface area contributed by atoms with Gasteiger partial charge in [-0.1, -0.05) is 65.4 Å². The fourth-order valence-electron chi connectivity index (χ4n) is 3.69. The van der Waals surface area contributed by atoms with Gasteiger partial charge in [-0.2, -0.15) is 0 Å². The summed E-state index contributed by atoms with van der Waals surface area (Å²) in [5.41, 5.74) is 4.77. The Morgan fingerprint density at radius 2 is 1.80 bits per heavy atom. The Morgan fingerprint density at radius 1 is 1.10 bits per heavy atom. The van der Waals surface area contributed by atoms with E-state index in [0.717, 1.165) is 22.3 Å². The Labute approximate surface area is 178 Å². The summed E-state index contributed by atoms with van der Waals surface area (Å²) < 4.78 is 7.24. The third kappa shape index (κ3) is 3.44. The number of fused-ring (bicyclic) bond motifs is 1. The van der Waals surface area contributed by atoms with E-state index in [-0.39, 0.29) is 5.56 Å². The third-order valence-electron chi connectivity index (χ3n) is 5.29. The van der Waals surface area contributed by atoms with Gasteiger partial charge < -0.3 is 4.74 Å². The normalized spacial score (nSPS) is 16.3. The fourth-order valence-corrected chi connectivity index (χ4v) is 4.74. The van der Waals surface area contributed by atoms with Crippen molar-refractivity contribution in [1.29, 1.82) is 0 Å². The number of nitrogens with zero attached hydrogens (tertiary/aromatic N) is 2. The van der Waals surface area contributed by atoms with E-state index in [1.54, 1.807) is 11.5 Å². The molecule has 0 fully saturated rings. The van der Waals surface area contributed by atoms with Crippen LogP contribution in [-0.2, 0) is 9.53 Å². The minimum absolute atomic E-state index is 0.165. The van der Waals surface area contributed by atoms with Gasteiger partial charge in [-0.3, -0.25) is 9.36 Å². The monoisotopic (exact) mass is 418 g/mol. The summed E-state index contributed by atoms with van der Waals surface area (Å²) in [4.78, 5) is 31.3. The van der Waals surface area contributed by atoms with Crippen LogP contribution in [0, 0.1) is 13.8 Å². The molecule has 3 aromatic rings. The van der Waals surface area contributed by atoms with Gasteiger partial charge in [0.2, 0.25) is 0 Å². The molecule has 6 heteroatoms. The number of ether oxygens (including phenoxy) is 1. The van der Waals surface area contributed by atoms with E-state index in [0.29, 0.717) is 20.6 Å². The van der Waals surface area contributed by atoms with E-state index in [1.807, 2.05) is 68.5 Å². The lowest BCUT2D eigenvalue weighted by atomic mass is 9.93. The highest BCUT2D eigenvalue weighted by Gasteiger charge is 2.33. The lowest BCUT2D eigenvalue weighted by molar-refractivity contribution is -0.136. The Kier molecular flexibility index (Phi) is 5.26. The fraction of sp³-hybridized carbons (Fsp3) is 0.208. The van der Waals surface area contributed by atoms with Gasteiger partial charge in [0.1, 0.15) is 0 Å². The summed E-state index contributed by atoms with van der Waals surface area (Å²) in [6.07, 6.45) is 1.87. The SMILES string of the molecule is COC(=O)C1=C(C)N=c2s/c(=C\c3ccc(C)cc3)c(=O)n2C1c1ccccc1C. The summed E-state index contributed by atoms with van der Waals surface area (Å²) in [6.45, 7) is 5.79. The Hall–Kier alpha value is -3.25. The predicted molar refractivity (Wildman–Crippen MR) is 118 cm³/mol. The first-order chi connectivity index (χ1) is 14.4. The number of esters is 1. The van der Waals surface area contributed by atoms with Crippen LogP contribution in [0.1, 0.15) is 35.2 Å². The largest absolute Gasteiger partial charge is 0.466 e. The van der Waals surface area contributed by atoms with Crippen LogP contribution in [0.15, 0.2) is 69.6 Å². The molecule has 0 bridgehead atoms. The van der Waals surface area contributed by atoms with Gasteiger partial charge >= 0.3 is 5.97 Å². The number of aryl methyl sites for hydroxylation is 2. The molecule has 5 nitrogen and oxygen atoms in total. The lowest BCUT2D eigenvalue weighted by Gasteiger charge is -2.25. The number of carbonyl (C=O) groups is 1. The van der Waals surface area contributed by atoms with Crippen LogP contribution in [0.3, 0.4) is 0 Å². The number of methoxy groups -OCH3 is 1. The second-order valence-electron chi connectivity index (χ2n) is 7.34. The molecule has 0 amide bonds. The number of hydrogen-bond donors (Lipinski definition) is 0. The minimum atomic E-state index is -0.574. The maximum Gasteiger partial charge on any atom is 0.338 e. The van der Waals surface area contributed by atoms with Crippen molar-refractivity contribution in [3.63, 3.8) is 0 Å². The predicted octanol–water partition coefficient (Wildman–Crippen LogP) is 3.03. The van der Waals surface area contributed by atoms with Crippen LogP contribution in [0.4, 0.5) is 0 Å². The van der Waals surface area contributed by atoms with Gasteiger partial charge in [0, 0.05) is 0 Å². The zero-order valence-corrected chi connectivity index (χ0v) is 18.1. The minimum Gasteiger partial charge on any atom is -0.466 e. The molecule has 2 heterocycles. The average Bonchev–Trinajstić information content (AvgIpc) is 3.03. The Morgan fingerprint density at radius 3 is 2.47 bits per heavy atom. The second-order valence-corrected chi connectivity index (χ2v) is 8.35. The zero-order chi connectivity index (χ0) is 21.4. The van der Waals surface area contributed by atoms with Crippen LogP contribution in [0.5, 0.6) is 0 Å². The molecule has 1 aliphatic heterocycles. The average molecular weight is 419 g/mol. The Bertz CT molecular complexity index is 1340. The molecule has 0 saturated heterocycles. The first-order valence-electron chi connectivity index (χ1n) is 9.63. The highest BCUT2D eigenvalue weighted by molar-refractivity contribution is 7.07. The van der Waals surface area contributed by atoms with E-state index in [9.17, 15) is 9.59 Å². The molecule has 0 radical (unpaired) electrons. The summed E-state index contributed by atoms with van der Waals surface area (Å²) in [7, 11) is 1.35. The number of rotatable bonds is 3. The topological polar surface area (TPSA) is 60.7 Å². The highest BCUT2D eigenvalue weighted by Crippen LogP contribution is 2.32. The van der Waals surface area contributed by atoms with Gasteiger partial charge in [-0.15, -0.1) is 0 Å². The molecule has 1 aliphatic rings. The summed E-state index contributed by atoms with van der Waals surface area (Å²) in [6, 6.07) is 15.2. The number of allylic oxidation sites excluding steroid dienone is 1. The molecule has 1 atom stereocenters. The van der Waals surface area contributed by atoms with E-state index in [4.69, 9.17) is 4.74 Å². The highest BCUT2D eigenvalue weighted by atomic mass is 32.1. The van der Waals surface area contributed by atoms with E-state index in [1.165, 1.54) is 18.4 Å². The Balaban J connectivity index is 2.00. The van der Waals surface area contributed by atoms with Gasteiger partial charge in [-0.05, 0) is 43.5 Å². The van der Waals surface area contributed by atoms with E-state index >= 15 is 0 Å². The maximum absolute atomic E-state index is 13.5. The van der Waals surface area contributed by atoms with Gasteiger partial charge in [0.05, 0.1) is 29.0 Å². The van der Waals surface area contributed by atoms with Crippen LogP contribution >= 0.6 is 11.3 Å². The molecule has 0 saturated carbocycles. The van der Waals surface area contributed by atoms with Crippen LogP contribution < -0.4 is 14.9 Å². The summed E-state index contributed by atoms with van der Waals surface area (Å²) in [5, 5.41) is 0. The van der Waals surface area contributed by atoms with Crippen molar-refractivity contribution in [2.24, 2.45) is 4.99 Å². The van der Waals surface area contributed by atoms with Gasteiger partial charge in [0.15, 0.2) is 4.80 Å². The molecule has 30 heavy (non-hydrogen) atoms. The van der Waals surface area contributed by atoms with Crippen molar-refractivity contribution in [3.05, 3.63) is 102 Å². The second kappa shape index (κ2) is 7.88. The molecule has 0 aliphatic carbocycles. The van der Waals surface area contributed by atoms with Crippen molar-refractivity contribution in [2.75, 3.05) is 7.11 Å². The molecular weight excluding hydrogens is 396 g/mol. The first kappa shape index (κ1) is 20.0. The van der Waals surface area contributed by atoms with Crippen LogP contribution in [-0.4, -0.2) is 17.6 Å². The third-order valence-corrected chi connectivity index (χ3v) is 6.27. The van der Waals surface area contributed by atoms with Gasteiger partial charge in [0.25, 0.3) is 5.56 Å². The molecule has 1 aromatic heterocycles. The molecular formula is C24H22N2O3S. The van der Waals surface area contributed by atoms with Crippen LogP contribution in [0.2, 0.25) is 0 Å². The quantitative estimate of drug-likeness (QED) is 0.615. The lowest BCUT2D eigenvalue weighted by Crippen LogP contribution is -2.40. The molecule has 0 spiro atoms. The maximum atomic E-state index is 13.5. The van der Waals surface area contributed by atoms with Gasteiger partial charge in [-0.25, -0.2) is 9.79 Å². The summed E-state index contributed by atoms with van der Waals surface area (Å²) in [5.74, 6) is -0.475. The van der Waals surface area contributed by atoms with Crippen LogP contribution in [0.25, 0.3) is 6.08 Å². The van der Waals surface area contributed by atoms with Crippen molar-refractivity contribution in [1.82, 2.24) is 4.57 Å². The molecule has 1 unspecified atom stereocenters. The molecule has 0 N–H and O–H groups in total. The van der Waals surface area contributed by atoms with Crippen molar-refractivity contribution < 1.29 is 9.53 Å². The number of aromatic nitrogens is 1. The number of thiazole rings is 1. The molecule has 2 aromatic carbocycles. The number of hydrogen-bond acceptors (Lipinski definition) is 5. The number of benzene rings is 2. The van der Waals surface area contributed by atoms with Crippen molar-refractivity contribution in [3.8, 4) is 0 Å². The smallest absolute Gasteiger partial charge is 0.338 e. The number of carbonyl (C=O) groups excluding carboxylic acids is 1. The standard InChI is InChI=1S/C24H22N2O3S/c1-14-9-11-17(12-10-14)13-19-22(27)26-21(18-8-6-5-7-15(18)2)20(23(28)29-4)16(3)25-24(26)30-19/h5-13,21H,1-4H3/b19-13-.